The van der Waals surface area contributed by atoms with Gasteiger partial charge < -0.3 is 5.32 Å². The fraction of sp³-hybridized carbons (Fsp3) is 0.0714. The molecule has 1 aromatic carbocycles. The fourth-order valence-corrected chi connectivity index (χ4v) is 3.71. The van der Waals surface area contributed by atoms with E-state index in [0.717, 1.165) is 31.1 Å². The van der Waals surface area contributed by atoms with Crippen molar-refractivity contribution < 1.29 is 0 Å². The molecule has 0 aliphatic heterocycles. The molecular weight excluding hydrogens is 368 g/mol. The van der Waals surface area contributed by atoms with Crippen LogP contribution >= 0.6 is 39.0 Å². The van der Waals surface area contributed by atoms with E-state index in [1.807, 2.05) is 42.5 Å². The van der Waals surface area contributed by atoms with Crippen LogP contribution in [0.3, 0.4) is 0 Å². The lowest BCUT2D eigenvalue weighted by Crippen LogP contribution is -1.88. The zero-order valence-corrected chi connectivity index (χ0v) is 14.1. The Morgan fingerprint density at radius 3 is 2.90 bits per heavy atom. The average molecular weight is 379 g/mol. The quantitative estimate of drug-likeness (QED) is 0.650. The Kier molecular flexibility index (Phi) is 4.84. The Morgan fingerprint density at radius 1 is 1.14 bits per heavy atom. The maximum absolute atomic E-state index is 4.29. The maximum atomic E-state index is 4.29. The van der Waals surface area contributed by atoms with Gasteiger partial charge in [0.25, 0.3) is 0 Å². The van der Waals surface area contributed by atoms with Crippen LogP contribution in [0.2, 0.25) is 0 Å². The van der Waals surface area contributed by atoms with Gasteiger partial charge in [-0.25, -0.2) is 0 Å². The molecule has 21 heavy (non-hydrogen) atoms. The molecule has 0 fully saturated rings. The van der Waals surface area contributed by atoms with E-state index in [2.05, 4.69) is 36.4 Å². The van der Waals surface area contributed by atoms with Crippen LogP contribution < -0.4 is 5.32 Å². The third kappa shape index (κ3) is 4.26. The molecule has 0 atom stereocenters. The molecule has 0 bridgehead atoms. The Labute approximate surface area is 139 Å². The lowest BCUT2D eigenvalue weighted by Gasteiger charge is -2.01. The number of nitrogens with zero attached hydrogens (tertiary/aromatic N) is 3. The maximum Gasteiger partial charge on any atom is 0.210 e. The highest BCUT2D eigenvalue weighted by Crippen LogP contribution is 2.29. The van der Waals surface area contributed by atoms with Gasteiger partial charge in [-0.15, -0.1) is 10.2 Å². The highest BCUT2D eigenvalue weighted by molar-refractivity contribution is 9.10. The first-order chi connectivity index (χ1) is 10.3. The molecule has 0 saturated carbocycles. The van der Waals surface area contributed by atoms with Crippen molar-refractivity contribution in [1.82, 2.24) is 15.2 Å². The van der Waals surface area contributed by atoms with E-state index in [1.165, 1.54) is 11.3 Å². The van der Waals surface area contributed by atoms with Crippen molar-refractivity contribution in [2.75, 3.05) is 5.32 Å². The van der Waals surface area contributed by atoms with E-state index in [4.69, 9.17) is 0 Å². The number of nitrogens with one attached hydrogen (secondary N) is 1. The van der Waals surface area contributed by atoms with Crippen molar-refractivity contribution in [3.05, 3.63) is 58.8 Å². The molecule has 106 valence electrons. The van der Waals surface area contributed by atoms with Crippen LogP contribution in [0.4, 0.5) is 10.8 Å². The number of pyridine rings is 1. The minimum Gasteiger partial charge on any atom is -0.330 e. The summed E-state index contributed by atoms with van der Waals surface area (Å²) < 4.78 is 1.96. The molecule has 1 N–H and O–H groups in total. The molecule has 0 saturated heterocycles. The standard InChI is InChI=1S/C14H11BrN4S2/c15-10-4-3-6-11(8-10)17-13-18-19-14(21-13)20-9-12-5-1-2-7-16-12/h1-8H,9H2,(H,17,18). The molecule has 2 aromatic heterocycles. The van der Waals surface area contributed by atoms with Crippen LogP contribution in [0.25, 0.3) is 0 Å². The lowest BCUT2D eigenvalue weighted by atomic mass is 10.3. The van der Waals surface area contributed by atoms with Crippen molar-refractivity contribution in [2.45, 2.75) is 10.1 Å². The minimum atomic E-state index is 0.789. The first-order valence-electron chi connectivity index (χ1n) is 6.18. The molecule has 3 rings (SSSR count). The normalized spacial score (nSPS) is 10.5. The predicted octanol–water partition coefficient (Wildman–Crippen LogP) is 4.73. The third-order valence-corrected chi connectivity index (χ3v) is 5.05. The summed E-state index contributed by atoms with van der Waals surface area (Å²) in [4.78, 5) is 4.29. The van der Waals surface area contributed by atoms with Gasteiger partial charge in [-0.2, -0.15) is 0 Å². The highest BCUT2D eigenvalue weighted by Gasteiger charge is 2.06. The number of halogens is 1. The second kappa shape index (κ2) is 7.02. The topological polar surface area (TPSA) is 50.7 Å². The average Bonchev–Trinajstić information content (AvgIpc) is 2.94. The second-order valence-corrected chi connectivity index (χ2v) is 7.23. The number of thioether (sulfide) groups is 1. The molecule has 0 spiro atoms. The smallest absolute Gasteiger partial charge is 0.210 e. The highest BCUT2D eigenvalue weighted by atomic mass is 79.9. The first-order valence-corrected chi connectivity index (χ1v) is 8.78. The van der Waals surface area contributed by atoms with Crippen molar-refractivity contribution in [3.63, 3.8) is 0 Å². The van der Waals surface area contributed by atoms with E-state index >= 15 is 0 Å². The van der Waals surface area contributed by atoms with Gasteiger partial charge in [0, 0.05) is 22.1 Å². The molecule has 0 radical (unpaired) electrons. The van der Waals surface area contributed by atoms with Crippen molar-refractivity contribution in [2.24, 2.45) is 0 Å². The predicted molar refractivity (Wildman–Crippen MR) is 91.1 cm³/mol. The van der Waals surface area contributed by atoms with Crippen LogP contribution in [-0.2, 0) is 5.75 Å². The summed E-state index contributed by atoms with van der Waals surface area (Å²) >= 11 is 6.63. The SMILES string of the molecule is Brc1cccc(Nc2nnc(SCc3ccccn3)s2)c1. The summed E-state index contributed by atoms with van der Waals surface area (Å²) in [5.74, 6) is 0.798. The van der Waals surface area contributed by atoms with Crippen LogP contribution in [0.5, 0.6) is 0 Å². The van der Waals surface area contributed by atoms with Gasteiger partial charge in [0.1, 0.15) is 0 Å². The van der Waals surface area contributed by atoms with Gasteiger partial charge in [0.2, 0.25) is 5.13 Å². The third-order valence-electron chi connectivity index (χ3n) is 2.55. The summed E-state index contributed by atoms with van der Waals surface area (Å²) in [6.07, 6.45) is 1.80. The van der Waals surface area contributed by atoms with Gasteiger partial charge in [-0.1, -0.05) is 51.2 Å². The molecule has 4 nitrogen and oxygen atoms in total. The summed E-state index contributed by atoms with van der Waals surface area (Å²) in [6, 6.07) is 13.9. The van der Waals surface area contributed by atoms with Crippen LogP contribution in [0, 0.1) is 0 Å². The molecule has 0 amide bonds. The number of hydrogen-bond acceptors (Lipinski definition) is 6. The summed E-state index contributed by atoms with van der Waals surface area (Å²) in [5.41, 5.74) is 2.03. The van der Waals surface area contributed by atoms with E-state index in [-0.39, 0.29) is 0 Å². The molecule has 0 aliphatic carbocycles. The number of hydrogen-bond donors (Lipinski definition) is 1. The van der Waals surface area contributed by atoms with Gasteiger partial charge in [-0.05, 0) is 30.3 Å². The monoisotopic (exact) mass is 378 g/mol. The Bertz CT molecular complexity index is 718. The molecule has 3 aromatic rings. The first kappa shape index (κ1) is 14.5. The van der Waals surface area contributed by atoms with Gasteiger partial charge in [0.15, 0.2) is 4.34 Å². The largest absolute Gasteiger partial charge is 0.330 e. The zero-order valence-electron chi connectivity index (χ0n) is 10.9. The molecular formula is C14H11BrN4S2. The van der Waals surface area contributed by atoms with Crippen LogP contribution in [-0.4, -0.2) is 15.2 Å². The van der Waals surface area contributed by atoms with Gasteiger partial charge >= 0.3 is 0 Å². The number of rotatable bonds is 5. The van der Waals surface area contributed by atoms with Crippen molar-refractivity contribution in [3.8, 4) is 0 Å². The molecule has 0 unspecified atom stereocenters. The van der Waals surface area contributed by atoms with Crippen molar-refractivity contribution >= 4 is 49.8 Å². The van der Waals surface area contributed by atoms with Crippen LogP contribution in [0.1, 0.15) is 5.69 Å². The number of benzene rings is 1. The zero-order chi connectivity index (χ0) is 14.5. The van der Waals surface area contributed by atoms with Crippen LogP contribution in [0.15, 0.2) is 57.5 Å². The van der Waals surface area contributed by atoms with Gasteiger partial charge in [-0.3, -0.25) is 4.98 Å². The van der Waals surface area contributed by atoms with E-state index in [9.17, 15) is 0 Å². The Balaban J connectivity index is 1.61. The summed E-state index contributed by atoms with van der Waals surface area (Å²) in [6.45, 7) is 0. The number of aromatic nitrogens is 3. The summed E-state index contributed by atoms with van der Waals surface area (Å²) in [7, 11) is 0. The van der Waals surface area contributed by atoms with E-state index in [0.29, 0.717) is 0 Å². The van der Waals surface area contributed by atoms with E-state index < -0.39 is 0 Å². The summed E-state index contributed by atoms with van der Waals surface area (Å²) in [5, 5.41) is 12.4. The van der Waals surface area contributed by atoms with Crippen molar-refractivity contribution in [1.29, 1.82) is 0 Å². The lowest BCUT2D eigenvalue weighted by molar-refractivity contribution is 1.01. The molecule has 7 heteroatoms. The minimum absolute atomic E-state index is 0.789. The molecule has 0 aliphatic rings. The number of anilines is 2. The van der Waals surface area contributed by atoms with Gasteiger partial charge in [0.05, 0.1) is 5.69 Å². The fourth-order valence-electron chi connectivity index (χ4n) is 1.63. The molecule has 2 heterocycles. The Hall–Kier alpha value is -1.44. The van der Waals surface area contributed by atoms with E-state index in [1.54, 1.807) is 18.0 Å². The Morgan fingerprint density at radius 2 is 2.10 bits per heavy atom. The second-order valence-electron chi connectivity index (χ2n) is 4.12.